The van der Waals surface area contributed by atoms with Gasteiger partial charge in [0.1, 0.15) is 6.61 Å². The summed E-state index contributed by atoms with van der Waals surface area (Å²) in [5, 5.41) is 14.0. The third kappa shape index (κ3) is 9.41. The second-order valence-corrected chi connectivity index (χ2v) is 6.56. The van der Waals surface area contributed by atoms with Gasteiger partial charge in [-0.1, -0.05) is 32.6 Å². The molecule has 1 N–H and O–H groups in total. The summed E-state index contributed by atoms with van der Waals surface area (Å²) in [4.78, 5) is 22.0. The average Bonchev–Trinajstić information content (AvgIpc) is 2.55. The van der Waals surface area contributed by atoms with Crippen LogP contribution in [0.4, 0.5) is 5.69 Å². The van der Waals surface area contributed by atoms with E-state index in [1.165, 1.54) is 49.9 Å². The summed E-state index contributed by atoms with van der Waals surface area (Å²) in [7, 11) is 0. The zero-order valence-corrected chi connectivity index (χ0v) is 16.1. The van der Waals surface area contributed by atoms with E-state index in [9.17, 15) is 14.9 Å². The largest absolute Gasteiger partial charge is 0.461 e. The number of unbranched alkanes of at least 4 members (excludes halogenated alkanes) is 3. The zero-order valence-electron chi connectivity index (χ0n) is 15.2. The predicted molar refractivity (Wildman–Crippen MR) is 101 cm³/mol. The Labute approximate surface area is 155 Å². The van der Waals surface area contributed by atoms with Crippen molar-refractivity contribution in [2.75, 3.05) is 13.2 Å². The van der Waals surface area contributed by atoms with Crippen molar-refractivity contribution in [3.8, 4) is 0 Å². The van der Waals surface area contributed by atoms with Crippen LogP contribution in [-0.4, -0.2) is 29.6 Å². The Morgan fingerprint density at radius 1 is 1.20 bits per heavy atom. The highest BCUT2D eigenvalue weighted by atomic mass is 35.5. The average molecular weight is 373 g/mol. The van der Waals surface area contributed by atoms with Crippen molar-refractivity contribution in [3.63, 3.8) is 0 Å². The van der Waals surface area contributed by atoms with Crippen molar-refractivity contribution in [3.05, 3.63) is 39.9 Å². The van der Waals surface area contributed by atoms with Gasteiger partial charge in [-0.25, -0.2) is 4.79 Å². The van der Waals surface area contributed by atoms with Crippen LogP contribution in [0.25, 0.3) is 0 Å². The number of nitro benzene ring substituents is 1. The van der Waals surface area contributed by atoms with E-state index in [1.54, 1.807) is 0 Å². The number of carbonyl (C=O) groups excluding carboxylic acids is 1. The lowest BCUT2D eigenvalue weighted by Gasteiger charge is -2.26. The number of nitro groups is 1. The molecule has 7 heteroatoms. The summed E-state index contributed by atoms with van der Waals surface area (Å²) in [5.41, 5.74) is 0.297. The summed E-state index contributed by atoms with van der Waals surface area (Å²) in [5.74, 6) is -0.465. The maximum atomic E-state index is 11.9. The SMILES string of the molecule is CCCCCCC(C)(C)NCCOC(=O)c1ccc([N+](=O)[O-])cc1.Cl. The first-order valence-corrected chi connectivity index (χ1v) is 8.52. The van der Waals surface area contributed by atoms with Gasteiger partial charge in [0.25, 0.3) is 5.69 Å². The van der Waals surface area contributed by atoms with E-state index in [4.69, 9.17) is 4.74 Å². The molecule has 0 aliphatic heterocycles. The van der Waals surface area contributed by atoms with Gasteiger partial charge >= 0.3 is 5.97 Å². The number of nitrogens with zero attached hydrogens (tertiary/aromatic N) is 1. The summed E-state index contributed by atoms with van der Waals surface area (Å²) in [6, 6.07) is 5.42. The third-order valence-electron chi connectivity index (χ3n) is 3.91. The van der Waals surface area contributed by atoms with Gasteiger partial charge in [-0.3, -0.25) is 10.1 Å². The van der Waals surface area contributed by atoms with Gasteiger partial charge < -0.3 is 10.1 Å². The topological polar surface area (TPSA) is 81.5 Å². The lowest BCUT2D eigenvalue weighted by molar-refractivity contribution is -0.384. The minimum Gasteiger partial charge on any atom is -0.461 e. The predicted octanol–water partition coefficient (Wildman–Crippen LogP) is 4.51. The molecule has 0 fully saturated rings. The van der Waals surface area contributed by atoms with Gasteiger partial charge in [0.15, 0.2) is 0 Å². The minimum absolute atomic E-state index is 0. The normalized spacial score (nSPS) is 10.8. The summed E-state index contributed by atoms with van der Waals surface area (Å²) in [6.45, 7) is 7.35. The fourth-order valence-corrected chi connectivity index (χ4v) is 2.42. The van der Waals surface area contributed by atoms with Gasteiger partial charge in [-0.15, -0.1) is 12.4 Å². The van der Waals surface area contributed by atoms with Crippen molar-refractivity contribution in [2.45, 2.75) is 58.4 Å². The highest BCUT2D eigenvalue weighted by Crippen LogP contribution is 2.15. The molecule has 1 aromatic carbocycles. The molecule has 25 heavy (non-hydrogen) atoms. The first-order chi connectivity index (χ1) is 11.4. The molecule has 0 aromatic heterocycles. The number of rotatable bonds is 11. The first-order valence-electron chi connectivity index (χ1n) is 8.52. The Balaban J connectivity index is 0.00000576. The number of ether oxygens (including phenoxy) is 1. The smallest absolute Gasteiger partial charge is 0.338 e. The Morgan fingerprint density at radius 3 is 2.40 bits per heavy atom. The fourth-order valence-electron chi connectivity index (χ4n) is 2.42. The number of esters is 1. The van der Waals surface area contributed by atoms with Crippen LogP contribution in [0.1, 0.15) is 63.2 Å². The lowest BCUT2D eigenvalue weighted by atomic mass is 9.96. The number of nitrogens with one attached hydrogen (secondary N) is 1. The molecule has 0 radical (unpaired) electrons. The number of halogens is 1. The lowest BCUT2D eigenvalue weighted by Crippen LogP contribution is -2.41. The molecule has 1 rings (SSSR count). The van der Waals surface area contributed by atoms with Crippen LogP contribution < -0.4 is 5.32 Å². The zero-order chi connectivity index (χ0) is 18.0. The van der Waals surface area contributed by atoms with Crippen LogP contribution in [-0.2, 0) is 4.74 Å². The molecule has 142 valence electrons. The summed E-state index contributed by atoms with van der Waals surface area (Å²) < 4.78 is 5.20. The molecule has 0 aliphatic rings. The summed E-state index contributed by atoms with van der Waals surface area (Å²) in [6.07, 6.45) is 6.02. The molecule has 0 unspecified atom stereocenters. The van der Waals surface area contributed by atoms with Gasteiger partial charge in [0.05, 0.1) is 10.5 Å². The van der Waals surface area contributed by atoms with E-state index < -0.39 is 10.9 Å². The van der Waals surface area contributed by atoms with E-state index in [0.29, 0.717) is 12.1 Å². The van der Waals surface area contributed by atoms with Gasteiger partial charge in [-0.05, 0) is 32.4 Å². The van der Waals surface area contributed by atoms with E-state index >= 15 is 0 Å². The Hall–Kier alpha value is -1.66. The van der Waals surface area contributed by atoms with Crippen LogP contribution in [0.15, 0.2) is 24.3 Å². The van der Waals surface area contributed by atoms with Crippen LogP contribution in [0.5, 0.6) is 0 Å². The Bertz CT molecular complexity index is 532. The number of benzene rings is 1. The molecule has 0 heterocycles. The quantitative estimate of drug-likeness (QED) is 0.267. The maximum absolute atomic E-state index is 11.9. The number of hydrogen-bond acceptors (Lipinski definition) is 5. The van der Waals surface area contributed by atoms with Gasteiger partial charge in [0, 0.05) is 24.2 Å². The third-order valence-corrected chi connectivity index (χ3v) is 3.91. The highest BCUT2D eigenvalue weighted by Gasteiger charge is 2.16. The van der Waals surface area contributed by atoms with Crippen molar-refractivity contribution in [1.29, 1.82) is 0 Å². The van der Waals surface area contributed by atoms with Gasteiger partial charge in [0.2, 0.25) is 0 Å². The van der Waals surface area contributed by atoms with Crippen molar-refractivity contribution in [2.24, 2.45) is 0 Å². The Morgan fingerprint density at radius 2 is 1.84 bits per heavy atom. The van der Waals surface area contributed by atoms with E-state index in [2.05, 4.69) is 26.1 Å². The minimum atomic E-state index is -0.498. The molecular weight excluding hydrogens is 344 g/mol. The van der Waals surface area contributed by atoms with Crippen molar-refractivity contribution in [1.82, 2.24) is 5.32 Å². The maximum Gasteiger partial charge on any atom is 0.338 e. The molecule has 0 bridgehead atoms. The molecule has 0 aliphatic carbocycles. The van der Waals surface area contributed by atoms with Crippen LogP contribution in [0.3, 0.4) is 0 Å². The molecule has 0 amide bonds. The Kier molecular flexibility index (Phi) is 11.0. The van der Waals surface area contributed by atoms with Crippen LogP contribution in [0, 0.1) is 10.1 Å². The first kappa shape index (κ1) is 23.3. The number of non-ortho nitro benzene ring substituents is 1. The monoisotopic (exact) mass is 372 g/mol. The molecule has 1 aromatic rings. The molecular formula is C18H29ClN2O4. The number of hydrogen-bond donors (Lipinski definition) is 1. The van der Waals surface area contributed by atoms with Gasteiger partial charge in [-0.2, -0.15) is 0 Å². The molecule has 6 nitrogen and oxygen atoms in total. The molecule has 0 atom stereocenters. The molecule has 0 saturated carbocycles. The highest BCUT2D eigenvalue weighted by molar-refractivity contribution is 5.89. The standard InChI is InChI=1S/C18H28N2O4.ClH/c1-4-5-6-7-12-18(2,3)19-13-14-24-17(21)15-8-10-16(11-9-15)20(22)23;/h8-11,19H,4-7,12-14H2,1-3H3;1H. The van der Waals surface area contributed by atoms with Crippen LogP contribution in [0.2, 0.25) is 0 Å². The van der Waals surface area contributed by atoms with Crippen LogP contribution >= 0.6 is 12.4 Å². The second kappa shape index (κ2) is 11.8. The molecule has 0 saturated heterocycles. The van der Waals surface area contributed by atoms with Crippen molar-refractivity contribution < 1.29 is 14.5 Å². The van der Waals surface area contributed by atoms with Crippen molar-refractivity contribution >= 4 is 24.1 Å². The number of carbonyl (C=O) groups is 1. The van der Waals surface area contributed by atoms with E-state index in [0.717, 1.165) is 6.42 Å². The fraction of sp³-hybridized carbons (Fsp3) is 0.611. The van der Waals surface area contributed by atoms with E-state index in [-0.39, 0.29) is 30.2 Å². The van der Waals surface area contributed by atoms with E-state index in [1.807, 2.05) is 0 Å². The molecule has 0 spiro atoms. The second-order valence-electron chi connectivity index (χ2n) is 6.56. The summed E-state index contributed by atoms with van der Waals surface area (Å²) >= 11 is 0.